The first kappa shape index (κ1) is 12.9. The van der Waals surface area contributed by atoms with E-state index < -0.39 is 16.4 Å². The number of hydrogen-bond acceptors (Lipinski definition) is 5. The van der Waals surface area contributed by atoms with E-state index in [1.165, 1.54) is 26.0 Å². The largest absolute Gasteiger partial charge is 0.506 e. The summed E-state index contributed by atoms with van der Waals surface area (Å²) < 4.78 is 0. The Morgan fingerprint density at radius 2 is 2.12 bits per heavy atom. The Hall–Kier alpha value is -2.15. The van der Waals surface area contributed by atoms with Gasteiger partial charge in [-0.2, -0.15) is 0 Å². The van der Waals surface area contributed by atoms with Gasteiger partial charge in [-0.1, -0.05) is 0 Å². The maximum absolute atomic E-state index is 11.5. The van der Waals surface area contributed by atoms with Crippen molar-refractivity contribution in [2.45, 2.75) is 19.4 Å². The molecule has 4 N–H and O–H groups in total. The lowest BCUT2D eigenvalue weighted by Gasteiger charge is -2.18. The second kappa shape index (κ2) is 4.38. The Balaban J connectivity index is 2.95. The van der Waals surface area contributed by atoms with Crippen molar-refractivity contribution in [1.82, 2.24) is 0 Å². The minimum atomic E-state index is -1.10. The second-order valence-electron chi connectivity index (χ2n) is 4.13. The Morgan fingerprint density at radius 3 is 2.53 bits per heavy atom. The summed E-state index contributed by atoms with van der Waals surface area (Å²) in [7, 11) is 0. The maximum Gasteiger partial charge on any atom is 0.273 e. The predicted molar refractivity (Wildman–Crippen MR) is 61.7 cm³/mol. The van der Waals surface area contributed by atoms with Crippen LogP contribution in [0.15, 0.2) is 18.2 Å². The Labute approximate surface area is 97.4 Å². The number of phenolic OH excluding ortho intramolecular Hbond substituents is 1. The summed E-state index contributed by atoms with van der Waals surface area (Å²) in [4.78, 5) is 21.3. The number of carbonyl (C=O) groups excluding carboxylic acids is 1. The molecule has 1 aromatic carbocycles. The normalized spacial score (nSPS) is 11.0. The monoisotopic (exact) mass is 239 g/mol. The molecule has 0 radical (unpaired) electrons. The number of nitro benzene ring substituents is 1. The van der Waals surface area contributed by atoms with Gasteiger partial charge in [0.2, 0.25) is 5.91 Å². The third-order valence-electron chi connectivity index (χ3n) is 2.03. The molecule has 0 saturated heterocycles. The number of non-ortho nitro benzene ring substituents is 1. The number of hydrogen-bond donors (Lipinski definition) is 3. The van der Waals surface area contributed by atoms with E-state index in [1.807, 2.05) is 0 Å². The molecule has 0 aliphatic carbocycles. The molecule has 92 valence electrons. The average molecular weight is 239 g/mol. The van der Waals surface area contributed by atoms with Crippen LogP contribution in [0.1, 0.15) is 13.8 Å². The lowest BCUT2D eigenvalue weighted by atomic mass is 10.1. The minimum Gasteiger partial charge on any atom is -0.506 e. The molecular formula is C10H13N3O4. The summed E-state index contributed by atoms with van der Waals surface area (Å²) >= 11 is 0. The number of benzene rings is 1. The number of nitrogens with one attached hydrogen (secondary N) is 1. The fraction of sp³-hybridized carbons (Fsp3) is 0.300. The van der Waals surface area contributed by atoms with Gasteiger partial charge >= 0.3 is 0 Å². The average Bonchev–Trinajstić information content (AvgIpc) is 2.19. The molecule has 1 rings (SSSR count). The van der Waals surface area contributed by atoms with Crippen molar-refractivity contribution in [2.24, 2.45) is 5.73 Å². The van der Waals surface area contributed by atoms with Gasteiger partial charge in [0.15, 0.2) is 0 Å². The predicted octanol–water partition coefficient (Wildman–Crippen LogP) is 0.976. The van der Waals surface area contributed by atoms with Gasteiger partial charge in [0.25, 0.3) is 5.69 Å². The van der Waals surface area contributed by atoms with Crippen molar-refractivity contribution in [3.05, 3.63) is 28.3 Å². The summed E-state index contributed by atoms with van der Waals surface area (Å²) in [5, 5.41) is 22.3. The van der Waals surface area contributed by atoms with Crippen LogP contribution in [-0.2, 0) is 4.79 Å². The number of phenols is 1. The molecule has 1 aromatic rings. The van der Waals surface area contributed by atoms with Crippen LogP contribution in [0.4, 0.5) is 11.4 Å². The van der Waals surface area contributed by atoms with Crippen molar-refractivity contribution in [3.63, 3.8) is 0 Å². The highest BCUT2D eigenvalue weighted by Crippen LogP contribution is 2.28. The van der Waals surface area contributed by atoms with E-state index in [-0.39, 0.29) is 17.1 Å². The fourth-order valence-electron chi connectivity index (χ4n) is 1.02. The summed E-state index contributed by atoms with van der Waals surface area (Å²) in [5.41, 5.74) is 4.28. The second-order valence-corrected chi connectivity index (χ2v) is 4.13. The number of nitrogens with zero attached hydrogens (tertiary/aromatic N) is 1. The lowest BCUT2D eigenvalue weighted by Crippen LogP contribution is -2.45. The summed E-state index contributed by atoms with van der Waals surface area (Å²) in [6, 6.07) is 3.38. The van der Waals surface area contributed by atoms with Crippen LogP contribution < -0.4 is 11.1 Å². The highest BCUT2D eigenvalue weighted by molar-refractivity contribution is 5.98. The van der Waals surface area contributed by atoms with Gasteiger partial charge in [0, 0.05) is 6.07 Å². The molecule has 0 aromatic heterocycles. The minimum absolute atomic E-state index is 0.0825. The van der Waals surface area contributed by atoms with E-state index in [4.69, 9.17) is 5.73 Å². The first-order valence-electron chi connectivity index (χ1n) is 4.79. The third-order valence-corrected chi connectivity index (χ3v) is 2.03. The van der Waals surface area contributed by atoms with Crippen molar-refractivity contribution < 1.29 is 14.8 Å². The highest BCUT2D eigenvalue weighted by Gasteiger charge is 2.23. The van der Waals surface area contributed by atoms with Crippen LogP contribution >= 0.6 is 0 Å². The molecule has 7 heteroatoms. The Kier molecular flexibility index (Phi) is 3.33. The lowest BCUT2D eigenvalue weighted by molar-refractivity contribution is -0.384. The van der Waals surface area contributed by atoms with Crippen molar-refractivity contribution in [2.75, 3.05) is 5.32 Å². The fourth-order valence-corrected chi connectivity index (χ4v) is 1.02. The molecular weight excluding hydrogens is 226 g/mol. The number of nitrogens with two attached hydrogens (primary N) is 1. The Bertz CT molecular complexity index is 465. The first-order chi connectivity index (χ1) is 7.71. The number of amides is 1. The van der Waals surface area contributed by atoms with E-state index in [1.54, 1.807) is 0 Å². The van der Waals surface area contributed by atoms with Crippen LogP contribution in [0.2, 0.25) is 0 Å². The van der Waals surface area contributed by atoms with E-state index in [0.29, 0.717) is 0 Å². The van der Waals surface area contributed by atoms with Gasteiger partial charge in [-0.25, -0.2) is 0 Å². The zero-order chi connectivity index (χ0) is 13.2. The van der Waals surface area contributed by atoms with Gasteiger partial charge in [0.1, 0.15) is 5.75 Å². The van der Waals surface area contributed by atoms with E-state index in [2.05, 4.69) is 5.32 Å². The maximum atomic E-state index is 11.5. The first-order valence-corrected chi connectivity index (χ1v) is 4.79. The van der Waals surface area contributed by atoms with Gasteiger partial charge < -0.3 is 16.2 Å². The molecule has 7 nitrogen and oxygen atoms in total. The van der Waals surface area contributed by atoms with Crippen LogP contribution in [0, 0.1) is 10.1 Å². The van der Waals surface area contributed by atoms with Gasteiger partial charge in [-0.15, -0.1) is 0 Å². The Morgan fingerprint density at radius 1 is 1.53 bits per heavy atom. The van der Waals surface area contributed by atoms with Crippen molar-refractivity contribution in [1.29, 1.82) is 0 Å². The summed E-state index contributed by atoms with van der Waals surface area (Å²) in [6.07, 6.45) is 0. The molecule has 0 atom stereocenters. The van der Waals surface area contributed by atoms with E-state index in [0.717, 1.165) is 6.07 Å². The SMILES string of the molecule is CC(C)(N)C(=O)Nc1ccc([N+](=O)[O-])cc1O. The molecule has 0 heterocycles. The quantitative estimate of drug-likeness (QED) is 0.412. The highest BCUT2D eigenvalue weighted by atomic mass is 16.6. The molecule has 0 saturated carbocycles. The number of aromatic hydroxyl groups is 1. The molecule has 0 aliphatic rings. The molecule has 0 aliphatic heterocycles. The van der Waals surface area contributed by atoms with E-state index in [9.17, 15) is 20.0 Å². The number of nitro groups is 1. The molecule has 17 heavy (non-hydrogen) atoms. The molecule has 0 fully saturated rings. The number of anilines is 1. The molecule has 0 bridgehead atoms. The topological polar surface area (TPSA) is 118 Å². The third kappa shape index (κ3) is 3.15. The summed E-state index contributed by atoms with van der Waals surface area (Å²) in [5.74, 6) is -0.876. The zero-order valence-electron chi connectivity index (χ0n) is 9.43. The van der Waals surface area contributed by atoms with Gasteiger partial charge in [-0.05, 0) is 19.9 Å². The van der Waals surface area contributed by atoms with Crippen molar-refractivity contribution in [3.8, 4) is 5.75 Å². The standard InChI is InChI=1S/C10H13N3O4/c1-10(2,11)9(15)12-7-4-3-6(13(16)17)5-8(7)14/h3-5,14H,11H2,1-2H3,(H,12,15). The zero-order valence-corrected chi connectivity index (χ0v) is 9.43. The molecule has 0 spiro atoms. The summed E-state index contributed by atoms with van der Waals surface area (Å²) in [6.45, 7) is 3.01. The molecule has 0 unspecified atom stereocenters. The van der Waals surface area contributed by atoms with Crippen LogP contribution in [0.3, 0.4) is 0 Å². The van der Waals surface area contributed by atoms with Gasteiger partial charge in [-0.3, -0.25) is 14.9 Å². The van der Waals surface area contributed by atoms with E-state index >= 15 is 0 Å². The van der Waals surface area contributed by atoms with Crippen molar-refractivity contribution >= 4 is 17.3 Å². The van der Waals surface area contributed by atoms with Crippen LogP contribution in [0.5, 0.6) is 5.75 Å². The van der Waals surface area contributed by atoms with Gasteiger partial charge in [0.05, 0.1) is 22.2 Å². The number of rotatable bonds is 3. The smallest absolute Gasteiger partial charge is 0.273 e. The molecule has 1 amide bonds. The van der Waals surface area contributed by atoms with Crippen LogP contribution in [-0.4, -0.2) is 21.5 Å². The van der Waals surface area contributed by atoms with Crippen LogP contribution in [0.25, 0.3) is 0 Å². The number of carbonyl (C=O) groups is 1.